The van der Waals surface area contributed by atoms with Crippen molar-refractivity contribution in [3.63, 3.8) is 0 Å². The number of hydrogen-bond donors (Lipinski definition) is 5. The molecule has 6 N–H and O–H groups in total. The SMILES string of the molecule is Cc1ccccc1C[C@H](NC(=O)[C@H](NC(=O)[C@@H](N)COC(C)(C)C)C(C)C)C(=O)N[C@H](C(=O)N[C@@H](CC(C)C)C(=O)OCc1ccccc1)C(C)(C)C. The quantitative estimate of drug-likeness (QED) is 0.142. The van der Waals surface area contributed by atoms with Gasteiger partial charge in [-0.05, 0) is 68.1 Å². The average Bonchev–Trinajstić information content (AvgIpc) is 3.06. The molecule has 2 aromatic carbocycles. The lowest BCUT2D eigenvalue weighted by molar-refractivity contribution is -0.150. The van der Waals surface area contributed by atoms with E-state index in [1.165, 1.54) is 0 Å². The number of carbonyl (C=O) groups is 5. The minimum absolute atomic E-state index is 0.0425. The lowest BCUT2D eigenvalue weighted by atomic mass is 9.85. The summed E-state index contributed by atoms with van der Waals surface area (Å²) in [6.07, 6.45) is 0.437. The summed E-state index contributed by atoms with van der Waals surface area (Å²) in [5.41, 5.74) is 7.32. The monoisotopic (exact) mass is 737 g/mol. The van der Waals surface area contributed by atoms with Crippen molar-refractivity contribution in [3.8, 4) is 0 Å². The van der Waals surface area contributed by atoms with Gasteiger partial charge in [-0.15, -0.1) is 0 Å². The molecule has 2 aromatic rings. The van der Waals surface area contributed by atoms with Crippen molar-refractivity contribution in [2.24, 2.45) is 23.0 Å². The number of ether oxygens (including phenoxy) is 2. The Morgan fingerprint density at radius 2 is 1.30 bits per heavy atom. The van der Waals surface area contributed by atoms with Crippen molar-refractivity contribution < 1.29 is 33.4 Å². The van der Waals surface area contributed by atoms with Crippen LogP contribution in [0.3, 0.4) is 0 Å². The molecule has 0 heterocycles. The molecule has 0 aliphatic carbocycles. The molecule has 0 spiro atoms. The molecule has 5 atom stereocenters. The second-order valence-corrected chi connectivity index (χ2v) is 16.5. The molecule has 0 unspecified atom stereocenters. The first kappa shape index (κ1) is 44.9. The molecule has 294 valence electrons. The fraction of sp³-hybridized carbons (Fsp3) is 0.585. The van der Waals surface area contributed by atoms with Gasteiger partial charge in [-0.2, -0.15) is 0 Å². The molecular weight excluding hydrogens is 674 g/mol. The van der Waals surface area contributed by atoms with E-state index in [0.29, 0.717) is 6.42 Å². The predicted molar refractivity (Wildman–Crippen MR) is 206 cm³/mol. The molecule has 0 saturated carbocycles. The Bertz CT molecular complexity index is 1510. The molecule has 0 aliphatic rings. The standard InChI is InChI=1S/C41H63N5O7/c1-25(2)21-32(39(51)52-23-28-18-13-12-14-19-28)44-38(50)34(40(6,7)8)46-36(48)31(22-29-20-16-15-17-27(29)5)43-37(49)33(26(3)4)45-35(47)30(42)24-53-41(9,10)11/h12-20,25-26,30-34H,21-24,42H2,1-11H3,(H,43,49)(H,44,50)(H,45,47)(H,46,48)/t30-,31-,32-,33+,34+/m0/s1. The summed E-state index contributed by atoms with van der Waals surface area (Å²) < 4.78 is 11.2. The number of carbonyl (C=O) groups excluding carboxylic acids is 5. The number of amides is 4. The highest BCUT2D eigenvalue weighted by atomic mass is 16.5. The maximum atomic E-state index is 14.2. The van der Waals surface area contributed by atoms with Crippen molar-refractivity contribution in [2.45, 2.75) is 131 Å². The van der Waals surface area contributed by atoms with Gasteiger partial charge in [0.2, 0.25) is 23.6 Å². The van der Waals surface area contributed by atoms with Crippen LogP contribution in [0.2, 0.25) is 0 Å². The van der Waals surface area contributed by atoms with E-state index in [1.54, 1.807) is 34.6 Å². The highest BCUT2D eigenvalue weighted by Crippen LogP contribution is 2.21. The molecule has 0 aliphatic heterocycles. The van der Waals surface area contributed by atoms with E-state index < -0.39 is 70.8 Å². The van der Waals surface area contributed by atoms with Crippen molar-refractivity contribution in [3.05, 3.63) is 71.3 Å². The van der Waals surface area contributed by atoms with Crippen LogP contribution < -0.4 is 27.0 Å². The summed E-state index contributed by atoms with van der Waals surface area (Å²) >= 11 is 0. The van der Waals surface area contributed by atoms with E-state index in [9.17, 15) is 24.0 Å². The van der Waals surface area contributed by atoms with Crippen molar-refractivity contribution >= 4 is 29.6 Å². The number of nitrogens with two attached hydrogens (primary N) is 1. The van der Waals surface area contributed by atoms with Gasteiger partial charge in [0.05, 0.1) is 12.2 Å². The van der Waals surface area contributed by atoms with Crippen LogP contribution in [0.4, 0.5) is 0 Å². The van der Waals surface area contributed by atoms with Crippen molar-refractivity contribution in [2.75, 3.05) is 6.61 Å². The number of esters is 1. The Balaban J connectivity index is 2.33. The molecule has 4 amide bonds. The first-order valence-electron chi connectivity index (χ1n) is 18.4. The Morgan fingerprint density at radius 1 is 0.717 bits per heavy atom. The Hall–Kier alpha value is -4.29. The van der Waals surface area contributed by atoms with Gasteiger partial charge in [0.25, 0.3) is 0 Å². The molecule has 0 bridgehead atoms. The first-order valence-corrected chi connectivity index (χ1v) is 18.4. The van der Waals surface area contributed by atoms with Crippen LogP contribution in [0.5, 0.6) is 0 Å². The van der Waals surface area contributed by atoms with Crippen LogP contribution in [-0.4, -0.2) is 72.0 Å². The average molecular weight is 738 g/mol. The summed E-state index contributed by atoms with van der Waals surface area (Å²) in [6, 6.07) is 11.5. The third-order valence-electron chi connectivity index (χ3n) is 8.54. The maximum absolute atomic E-state index is 14.2. The van der Waals surface area contributed by atoms with Crippen LogP contribution in [0, 0.1) is 24.2 Å². The fourth-order valence-corrected chi connectivity index (χ4v) is 5.43. The molecule has 12 nitrogen and oxygen atoms in total. The second kappa shape index (κ2) is 20.2. The molecule has 0 saturated heterocycles. The number of aryl methyl sites for hydroxylation is 1. The highest BCUT2D eigenvalue weighted by Gasteiger charge is 2.38. The van der Waals surface area contributed by atoms with Crippen LogP contribution in [0.25, 0.3) is 0 Å². The molecule has 2 rings (SSSR count). The zero-order valence-electron chi connectivity index (χ0n) is 33.5. The summed E-state index contributed by atoms with van der Waals surface area (Å²) in [6.45, 7) is 20.3. The third-order valence-corrected chi connectivity index (χ3v) is 8.54. The van der Waals surface area contributed by atoms with Gasteiger partial charge in [0.15, 0.2) is 0 Å². The number of benzene rings is 2. The molecule has 0 fully saturated rings. The van der Waals surface area contributed by atoms with E-state index in [0.717, 1.165) is 16.7 Å². The van der Waals surface area contributed by atoms with Gasteiger partial charge < -0.3 is 36.5 Å². The van der Waals surface area contributed by atoms with E-state index in [2.05, 4.69) is 21.3 Å². The second-order valence-electron chi connectivity index (χ2n) is 16.5. The fourth-order valence-electron chi connectivity index (χ4n) is 5.43. The van der Waals surface area contributed by atoms with Crippen LogP contribution in [0.15, 0.2) is 54.6 Å². The largest absolute Gasteiger partial charge is 0.459 e. The zero-order chi connectivity index (χ0) is 40.1. The Morgan fingerprint density at radius 3 is 1.85 bits per heavy atom. The van der Waals surface area contributed by atoms with E-state index in [1.807, 2.05) is 96.1 Å². The maximum Gasteiger partial charge on any atom is 0.328 e. The molecular formula is C41H63N5O7. The van der Waals surface area contributed by atoms with Gasteiger partial charge in [-0.25, -0.2) is 4.79 Å². The number of nitrogens with one attached hydrogen (secondary N) is 4. The van der Waals surface area contributed by atoms with Gasteiger partial charge in [0, 0.05) is 6.42 Å². The normalized spacial score (nSPS) is 14.8. The number of hydrogen-bond acceptors (Lipinski definition) is 8. The molecule has 12 heteroatoms. The lowest BCUT2D eigenvalue weighted by Crippen LogP contribution is -2.62. The highest BCUT2D eigenvalue weighted by molar-refractivity contribution is 5.96. The van der Waals surface area contributed by atoms with Gasteiger partial charge in [0.1, 0.15) is 36.8 Å². The zero-order valence-corrected chi connectivity index (χ0v) is 33.5. The van der Waals surface area contributed by atoms with Crippen molar-refractivity contribution in [1.29, 1.82) is 0 Å². The summed E-state index contributed by atoms with van der Waals surface area (Å²) in [5.74, 6) is -3.20. The van der Waals surface area contributed by atoms with E-state index in [4.69, 9.17) is 15.2 Å². The molecule has 0 radical (unpaired) electrons. The van der Waals surface area contributed by atoms with Gasteiger partial charge in [-0.1, -0.05) is 103 Å². The molecule has 53 heavy (non-hydrogen) atoms. The summed E-state index contributed by atoms with van der Waals surface area (Å²) in [7, 11) is 0. The number of rotatable bonds is 18. The third kappa shape index (κ3) is 15.7. The summed E-state index contributed by atoms with van der Waals surface area (Å²) in [5, 5.41) is 11.3. The smallest absolute Gasteiger partial charge is 0.328 e. The minimum atomic E-state index is -1.13. The lowest BCUT2D eigenvalue weighted by Gasteiger charge is -2.33. The van der Waals surface area contributed by atoms with Crippen LogP contribution in [0.1, 0.15) is 92.3 Å². The topological polar surface area (TPSA) is 178 Å². The van der Waals surface area contributed by atoms with E-state index in [-0.39, 0.29) is 31.5 Å². The minimum Gasteiger partial charge on any atom is -0.459 e. The van der Waals surface area contributed by atoms with Crippen LogP contribution >= 0.6 is 0 Å². The predicted octanol–water partition coefficient (Wildman–Crippen LogP) is 4.11. The van der Waals surface area contributed by atoms with E-state index >= 15 is 0 Å². The van der Waals surface area contributed by atoms with Gasteiger partial charge >= 0.3 is 5.97 Å². The Labute approximate surface area is 316 Å². The van der Waals surface area contributed by atoms with Crippen LogP contribution in [-0.2, 0) is 46.5 Å². The Kier molecular flexibility index (Phi) is 17.1. The summed E-state index contributed by atoms with van der Waals surface area (Å²) in [4.78, 5) is 68.3. The molecule has 0 aromatic heterocycles. The van der Waals surface area contributed by atoms with Crippen molar-refractivity contribution in [1.82, 2.24) is 21.3 Å². The first-order chi connectivity index (χ1) is 24.6. The van der Waals surface area contributed by atoms with Gasteiger partial charge in [-0.3, -0.25) is 19.2 Å².